The van der Waals surface area contributed by atoms with Gasteiger partial charge in [-0.3, -0.25) is 4.55 Å². The van der Waals surface area contributed by atoms with E-state index in [-0.39, 0.29) is 6.42 Å². The molecule has 0 aromatic rings. The molecule has 1 rings (SSSR count). The van der Waals surface area contributed by atoms with Crippen LogP contribution in [0.3, 0.4) is 0 Å². The molecular weight excluding hydrogens is 206 g/mol. The van der Waals surface area contributed by atoms with E-state index in [0.29, 0.717) is 5.57 Å². The lowest BCUT2D eigenvalue weighted by molar-refractivity contribution is 0.219. The van der Waals surface area contributed by atoms with Crippen molar-refractivity contribution in [1.82, 2.24) is 0 Å². The highest BCUT2D eigenvalue weighted by Gasteiger charge is 2.43. The van der Waals surface area contributed by atoms with Gasteiger partial charge in [0.2, 0.25) is 0 Å². The average Bonchev–Trinajstić information content (AvgIpc) is 2.01. The molecule has 3 nitrogen and oxygen atoms in total. The SMILES string of the molecule is CCC1([18F])C=C(C)C=CC1S(=O)(=O)O. The van der Waals surface area contributed by atoms with Gasteiger partial charge in [0.25, 0.3) is 10.1 Å². The van der Waals surface area contributed by atoms with Crippen LogP contribution in [-0.4, -0.2) is 23.9 Å². The number of allylic oxidation sites excluding steroid dienone is 3. The van der Waals surface area contributed by atoms with Gasteiger partial charge in [-0.05, 0) is 19.4 Å². The Morgan fingerprint density at radius 2 is 2.21 bits per heavy atom. The molecule has 14 heavy (non-hydrogen) atoms. The average molecular weight is 219 g/mol. The van der Waals surface area contributed by atoms with E-state index in [0.717, 1.165) is 0 Å². The van der Waals surface area contributed by atoms with Crippen LogP contribution in [0.5, 0.6) is 0 Å². The van der Waals surface area contributed by atoms with Crippen molar-refractivity contribution < 1.29 is 17.4 Å². The Bertz CT molecular complexity index is 383. The highest BCUT2D eigenvalue weighted by atomic mass is 32.2. The number of alkyl halides is 1. The summed E-state index contributed by atoms with van der Waals surface area (Å²) in [6, 6.07) is 0. The van der Waals surface area contributed by atoms with Crippen LogP contribution in [-0.2, 0) is 10.1 Å². The Kier molecular flexibility index (Phi) is 2.83. The molecule has 1 N–H and O–H groups in total. The molecule has 1 aliphatic rings. The lowest BCUT2D eigenvalue weighted by Crippen LogP contribution is -2.41. The lowest BCUT2D eigenvalue weighted by atomic mass is 9.90. The molecule has 5 heteroatoms. The quantitative estimate of drug-likeness (QED) is 0.721. The first kappa shape index (κ1) is 11.4. The second-order valence-corrected chi connectivity index (χ2v) is 5.00. The molecule has 1 aliphatic carbocycles. The molecule has 0 saturated heterocycles. The number of halogens is 1. The van der Waals surface area contributed by atoms with E-state index in [1.165, 1.54) is 18.2 Å². The van der Waals surface area contributed by atoms with E-state index in [1.807, 2.05) is 0 Å². The summed E-state index contributed by atoms with van der Waals surface area (Å²) < 4.78 is 44.7. The smallest absolute Gasteiger partial charge is 0.274 e. The number of hydrogen-bond donors (Lipinski definition) is 1. The van der Waals surface area contributed by atoms with Crippen LogP contribution in [0.25, 0.3) is 0 Å². The van der Waals surface area contributed by atoms with Crippen LogP contribution >= 0.6 is 0 Å². The molecule has 0 aromatic carbocycles. The topological polar surface area (TPSA) is 54.4 Å². The predicted molar refractivity (Wildman–Crippen MR) is 52.4 cm³/mol. The Morgan fingerprint density at radius 3 is 2.64 bits per heavy atom. The summed E-state index contributed by atoms with van der Waals surface area (Å²) in [6.07, 6.45) is 3.94. The third kappa shape index (κ3) is 2.04. The molecule has 0 saturated carbocycles. The highest BCUT2D eigenvalue weighted by molar-refractivity contribution is 7.86. The van der Waals surface area contributed by atoms with Gasteiger partial charge in [-0.1, -0.05) is 24.6 Å². The maximum atomic E-state index is 14.0. The number of rotatable bonds is 2. The monoisotopic (exact) mass is 219 g/mol. The van der Waals surface area contributed by atoms with Crippen LogP contribution in [0.15, 0.2) is 23.8 Å². The van der Waals surface area contributed by atoms with Crippen LogP contribution in [0, 0.1) is 0 Å². The minimum atomic E-state index is -4.38. The Balaban J connectivity index is 3.18. The molecule has 80 valence electrons. The maximum absolute atomic E-state index is 14.0. The van der Waals surface area contributed by atoms with Crippen molar-refractivity contribution >= 4 is 10.1 Å². The molecule has 0 fully saturated rings. The van der Waals surface area contributed by atoms with Gasteiger partial charge in [0.05, 0.1) is 0 Å². The van der Waals surface area contributed by atoms with Gasteiger partial charge in [0.1, 0.15) is 5.25 Å². The van der Waals surface area contributed by atoms with Gasteiger partial charge >= 0.3 is 0 Å². The summed E-state index contributed by atoms with van der Waals surface area (Å²) in [6.45, 7) is 3.22. The molecule has 0 aliphatic heterocycles. The van der Waals surface area contributed by atoms with Crippen molar-refractivity contribution in [3.8, 4) is 0 Å². The molecule has 0 heterocycles. The van der Waals surface area contributed by atoms with Crippen LogP contribution < -0.4 is 0 Å². The molecular formula is C9H13FO3S. The van der Waals surface area contributed by atoms with Gasteiger partial charge in [0.15, 0.2) is 5.67 Å². The fraction of sp³-hybridized carbons (Fsp3) is 0.556. The lowest BCUT2D eigenvalue weighted by Gasteiger charge is -2.28. The first-order valence-electron chi connectivity index (χ1n) is 4.32. The maximum Gasteiger partial charge on any atom is 0.274 e. The minimum absolute atomic E-state index is 0.0130. The summed E-state index contributed by atoms with van der Waals surface area (Å²) >= 11 is 0. The van der Waals surface area contributed by atoms with Crippen molar-refractivity contribution in [2.75, 3.05) is 0 Å². The Labute approximate surface area is 83.1 Å². The zero-order valence-corrected chi connectivity index (χ0v) is 8.88. The van der Waals surface area contributed by atoms with Crippen LogP contribution in [0.4, 0.5) is 4.39 Å². The molecule has 2 unspecified atom stereocenters. The molecule has 2 atom stereocenters. The van der Waals surface area contributed by atoms with E-state index < -0.39 is 21.0 Å². The van der Waals surface area contributed by atoms with E-state index >= 15 is 0 Å². The first-order valence-corrected chi connectivity index (χ1v) is 5.83. The van der Waals surface area contributed by atoms with E-state index in [2.05, 4.69) is 0 Å². The zero-order chi connectivity index (χ0) is 11.0. The van der Waals surface area contributed by atoms with Crippen molar-refractivity contribution in [3.63, 3.8) is 0 Å². The largest absolute Gasteiger partial charge is 0.285 e. The Hall–Kier alpha value is -0.680. The highest BCUT2D eigenvalue weighted by Crippen LogP contribution is 2.33. The molecule has 0 spiro atoms. The van der Waals surface area contributed by atoms with Crippen LogP contribution in [0.2, 0.25) is 0 Å². The number of hydrogen-bond acceptors (Lipinski definition) is 2. The summed E-state index contributed by atoms with van der Waals surface area (Å²) in [7, 11) is -4.38. The van der Waals surface area contributed by atoms with E-state index in [4.69, 9.17) is 4.55 Å². The van der Waals surface area contributed by atoms with Crippen LogP contribution in [0.1, 0.15) is 20.3 Å². The zero-order valence-electron chi connectivity index (χ0n) is 8.07. The molecule has 0 bridgehead atoms. The fourth-order valence-corrected chi connectivity index (χ4v) is 2.57. The standard InChI is InChI=1S/C9H13FO3S/c1-3-9(10)6-7(2)4-5-8(9)14(11,12)13/h4-6,8H,3H2,1-2H3,(H,11,12,13)/i10-1. The first-order chi connectivity index (χ1) is 6.29. The third-order valence-electron chi connectivity index (χ3n) is 2.34. The predicted octanol–water partition coefficient (Wildman–Crippen LogP) is 1.88. The van der Waals surface area contributed by atoms with Crippen molar-refractivity contribution in [2.45, 2.75) is 31.2 Å². The normalized spacial score (nSPS) is 32.9. The summed E-state index contributed by atoms with van der Waals surface area (Å²) in [5, 5.41) is -1.48. The summed E-state index contributed by atoms with van der Waals surface area (Å²) in [5.41, 5.74) is -1.33. The van der Waals surface area contributed by atoms with Gasteiger partial charge < -0.3 is 0 Å². The fourth-order valence-electron chi connectivity index (χ4n) is 1.56. The second kappa shape index (κ2) is 3.47. The van der Waals surface area contributed by atoms with Crippen molar-refractivity contribution in [1.29, 1.82) is 0 Å². The summed E-state index contributed by atoms with van der Waals surface area (Å²) in [4.78, 5) is 0. The second-order valence-electron chi connectivity index (χ2n) is 3.46. The van der Waals surface area contributed by atoms with Gasteiger partial charge in [-0.15, -0.1) is 0 Å². The van der Waals surface area contributed by atoms with Gasteiger partial charge in [-0.25, -0.2) is 4.39 Å². The van der Waals surface area contributed by atoms with Gasteiger partial charge in [0, 0.05) is 0 Å². The van der Waals surface area contributed by atoms with Gasteiger partial charge in [-0.2, -0.15) is 8.42 Å². The van der Waals surface area contributed by atoms with Crippen molar-refractivity contribution in [2.24, 2.45) is 0 Å². The van der Waals surface area contributed by atoms with Crippen molar-refractivity contribution in [3.05, 3.63) is 23.8 Å². The summed E-state index contributed by atoms with van der Waals surface area (Å²) in [5.74, 6) is 0. The molecule has 0 amide bonds. The molecule has 0 aromatic heterocycles. The molecule has 0 radical (unpaired) electrons. The third-order valence-corrected chi connectivity index (χ3v) is 3.53. The Morgan fingerprint density at radius 1 is 1.64 bits per heavy atom. The van der Waals surface area contributed by atoms with E-state index in [1.54, 1.807) is 13.8 Å². The van der Waals surface area contributed by atoms with E-state index in [9.17, 15) is 12.8 Å². The minimum Gasteiger partial charge on any atom is -0.285 e.